The standard InChI is InChI=1S/C9H8N2O3S/c1-14-8(13)4-2-5(12)7-6(3-4)15-9(10)11-7/h2-3,12H,1H3,(H2,10,11). The van der Waals surface area contributed by atoms with Crippen LogP contribution in [0.15, 0.2) is 12.1 Å². The second-order valence-corrected chi connectivity index (χ2v) is 3.95. The van der Waals surface area contributed by atoms with E-state index in [-0.39, 0.29) is 11.3 Å². The van der Waals surface area contributed by atoms with Gasteiger partial charge in [0.1, 0.15) is 11.3 Å². The topological polar surface area (TPSA) is 85.4 Å². The molecule has 1 heterocycles. The summed E-state index contributed by atoms with van der Waals surface area (Å²) in [6.07, 6.45) is 0. The molecule has 2 aromatic rings. The molecule has 0 spiro atoms. The summed E-state index contributed by atoms with van der Waals surface area (Å²) in [6, 6.07) is 2.90. The summed E-state index contributed by atoms with van der Waals surface area (Å²) < 4.78 is 5.21. The first kappa shape index (κ1) is 9.72. The van der Waals surface area contributed by atoms with Crippen molar-refractivity contribution < 1.29 is 14.6 Å². The summed E-state index contributed by atoms with van der Waals surface area (Å²) in [6.45, 7) is 0. The number of nitrogens with two attached hydrogens (primary N) is 1. The van der Waals surface area contributed by atoms with Gasteiger partial charge >= 0.3 is 5.97 Å². The number of esters is 1. The molecule has 15 heavy (non-hydrogen) atoms. The van der Waals surface area contributed by atoms with E-state index in [1.807, 2.05) is 0 Å². The van der Waals surface area contributed by atoms with E-state index in [0.717, 1.165) is 0 Å². The van der Waals surface area contributed by atoms with Gasteiger partial charge in [-0.25, -0.2) is 9.78 Å². The highest BCUT2D eigenvalue weighted by atomic mass is 32.1. The summed E-state index contributed by atoms with van der Waals surface area (Å²) >= 11 is 1.21. The molecular weight excluding hydrogens is 216 g/mol. The van der Waals surface area contributed by atoms with Crippen molar-refractivity contribution in [2.75, 3.05) is 12.8 Å². The summed E-state index contributed by atoms with van der Waals surface area (Å²) in [5.41, 5.74) is 6.19. The van der Waals surface area contributed by atoms with Gasteiger partial charge in [-0.05, 0) is 12.1 Å². The fourth-order valence-electron chi connectivity index (χ4n) is 1.26. The van der Waals surface area contributed by atoms with Crippen molar-refractivity contribution in [3.8, 4) is 5.75 Å². The molecule has 0 saturated heterocycles. The lowest BCUT2D eigenvalue weighted by Gasteiger charge is -2.00. The van der Waals surface area contributed by atoms with Gasteiger partial charge in [0.05, 0.1) is 17.4 Å². The number of methoxy groups -OCH3 is 1. The first-order valence-electron chi connectivity index (χ1n) is 4.09. The third kappa shape index (κ3) is 1.59. The molecule has 0 aliphatic rings. The van der Waals surface area contributed by atoms with E-state index in [2.05, 4.69) is 9.72 Å². The minimum atomic E-state index is -0.501. The number of aromatic nitrogens is 1. The minimum Gasteiger partial charge on any atom is -0.506 e. The van der Waals surface area contributed by atoms with Gasteiger partial charge in [-0.3, -0.25) is 0 Å². The van der Waals surface area contributed by atoms with Gasteiger partial charge in [0, 0.05) is 0 Å². The highest BCUT2D eigenvalue weighted by Crippen LogP contribution is 2.31. The van der Waals surface area contributed by atoms with Crippen LogP contribution >= 0.6 is 11.3 Å². The fraction of sp³-hybridized carbons (Fsp3) is 0.111. The van der Waals surface area contributed by atoms with Gasteiger partial charge in [0.25, 0.3) is 0 Å². The zero-order chi connectivity index (χ0) is 11.0. The van der Waals surface area contributed by atoms with Crippen molar-refractivity contribution in [3.05, 3.63) is 17.7 Å². The summed E-state index contributed by atoms with van der Waals surface area (Å²) in [7, 11) is 1.28. The number of nitrogens with zero attached hydrogens (tertiary/aromatic N) is 1. The molecular formula is C9H8N2O3S. The molecule has 1 aromatic carbocycles. The van der Waals surface area contributed by atoms with Gasteiger partial charge in [-0.15, -0.1) is 0 Å². The highest BCUT2D eigenvalue weighted by molar-refractivity contribution is 7.22. The largest absolute Gasteiger partial charge is 0.506 e. The third-order valence-corrected chi connectivity index (χ3v) is 2.74. The number of hydrogen-bond acceptors (Lipinski definition) is 6. The van der Waals surface area contributed by atoms with E-state index in [0.29, 0.717) is 15.3 Å². The van der Waals surface area contributed by atoms with Crippen molar-refractivity contribution in [2.24, 2.45) is 0 Å². The molecule has 5 nitrogen and oxygen atoms in total. The summed E-state index contributed by atoms with van der Waals surface area (Å²) in [4.78, 5) is 15.2. The Kier molecular flexibility index (Phi) is 2.20. The number of aromatic hydroxyl groups is 1. The number of anilines is 1. The molecule has 0 atom stereocenters. The van der Waals surface area contributed by atoms with E-state index in [4.69, 9.17) is 5.73 Å². The smallest absolute Gasteiger partial charge is 0.338 e. The molecule has 0 amide bonds. The normalized spacial score (nSPS) is 10.5. The quantitative estimate of drug-likeness (QED) is 0.714. The number of phenolic OH excluding ortho intramolecular Hbond substituents is 1. The Morgan fingerprint density at radius 3 is 3.00 bits per heavy atom. The van der Waals surface area contributed by atoms with Gasteiger partial charge in [0.2, 0.25) is 0 Å². The molecule has 0 fully saturated rings. The van der Waals surface area contributed by atoms with Crippen LogP contribution in [0.5, 0.6) is 5.75 Å². The zero-order valence-electron chi connectivity index (χ0n) is 7.85. The molecule has 0 bridgehead atoms. The lowest BCUT2D eigenvalue weighted by Crippen LogP contribution is -2.00. The lowest BCUT2D eigenvalue weighted by atomic mass is 10.2. The van der Waals surface area contributed by atoms with Gasteiger partial charge in [-0.2, -0.15) is 0 Å². The number of phenols is 1. The second kappa shape index (κ2) is 3.39. The number of ether oxygens (including phenoxy) is 1. The number of carbonyl (C=O) groups is 1. The Hall–Kier alpha value is -1.82. The Morgan fingerprint density at radius 2 is 2.33 bits per heavy atom. The number of benzene rings is 1. The van der Waals surface area contributed by atoms with Crippen LogP contribution in [0.25, 0.3) is 10.2 Å². The van der Waals surface area contributed by atoms with Crippen molar-refractivity contribution in [2.45, 2.75) is 0 Å². The Balaban J connectivity index is 2.66. The zero-order valence-corrected chi connectivity index (χ0v) is 8.67. The van der Waals surface area contributed by atoms with Crippen molar-refractivity contribution >= 4 is 32.7 Å². The van der Waals surface area contributed by atoms with E-state index >= 15 is 0 Å². The number of fused-ring (bicyclic) bond motifs is 1. The molecule has 0 radical (unpaired) electrons. The Bertz CT molecular complexity index is 535. The van der Waals surface area contributed by atoms with Crippen LogP contribution in [0.2, 0.25) is 0 Å². The van der Waals surface area contributed by atoms with Crippen molar-refractivity contribution in [3.63, 3.8) is 0 Å². The van der Waals surface area contributed by atoms with Crippen LogP contribution in [-0.2, 0) is 4.74 Å². The summed E-state index contributed by atoms with van der Waals surface area (Å²) in [5, 5.41) is 9.94. The van der Waals surface area contributed by atoms with Crippen LogP contribution in [-0.4, -0.2) is 23.2 Å². The van der Waals surface area contributed by atoms with E-state index < -0.39 is 5.97 Å². The predicted molar refractivity (Wildman–Crippen MR) is 57.0 cm³/mol. The number of thiazole rings is 1. The van der Waals surface area contributed by atoms with Crippen LogP contribution in [0, 0.1) is 0 Å². The molecule has 3 N–H and O–H groups in total. The maximum atomic E-state index is 11.2. The molecule has 1 aromatic heterocycles. The molecule has 6 heteroatoms. The minimum absolute atomic E-state index is 0.0687. The lowest BCUT2D eigenvalue weighted by molar-refractivity contribution is 0.0600. The molecule has 0 aliphatic carbocycles. The van der Waals surface area contributed by atoms with Gasteiger partial charge < -0.3 is 15.6 Å². The number of nitrogen functional groups attached to an aromatic ring is 1. The molecule has 0 saturated carbocycles. The first-order valence-corrected chi connectivity index (χ1v) is 4.91. The maximum absolute atomic E-state index is 11.2. The molecule has 78 valence electrons. The third-order valence-electron chi connectivity index (χ3n) is 1.91. The molecule has 2 rings (SSSR count). The number of rotatable bonds is 1. The average molecular weight is 224 g/mol. The Labute approximate surface area is 89.1 Å². The Morgan fingerprint density at radius 1 is 1.60 bits per heavy atom. The highest BCUT2D eigenvalue weighted by Gasteiger charge is 2.12. The van der Waals surface area contributed by atoms with Crippen LogP contribution in [0.3, 0.4) is 0 Å². The van der Waals surface area contributed by atoms with Crippen molar-refractivity contribution in [1.29, 1.82) is 0 Å². The average Bonchev–Trinajstić information content (AvgIpc) is 2.58. The van der Waals surface area contributed by atoms with Crippen LogP contribution in [0.1, 0.15) is 10.4 Å². The van der Waals surface area contributed by atoms with Crippen LogP contribution in [0.4, 0.5) is 5.13 Å². The summed E-state index contributed by atoms with van der Waals surface area (Å²) in [5.74, 6) is -0.569. The van der Waals surface area contributed by atoms with E-state index in [1.165, 1.54) is 24.5 Å². The maximum Gasteiger partial charge on any atom is 0.338 e. The first-order chi connectivity index (χ1) is 7.11. The van der Waals surface area contributed by atoms with Gasteiger partial charge in [-0.1, -0.05) is 11.3 Å². The monoisotopic (exact) mass is 224 g/mol. The van der Waals surface area contributed by atoms with Crippen molar-refractivity contribution in [1.82, 2.24) is 4.98 Å². The molecule has 0 unspecified atom stereocenters. The van der Waals surface area contributed by atoms with Crippen LogP contribution < -0.4 is 5.73 Å². The predicted octanol–water partition coefficient (Wildman–Crippen LogP) is 1.37. The number of hydrogen-bond donors (Lipinski definition) is 2. The fourth-order valence-corrected chi connectivity index (χ4v) is 2.06. The van der Waals surface area contributed by atoms with Gasteiger partial charge in [0.15, 0.2) is 5.13 Å². The molecule has 0 aliphatic heterocycles. The van der Waals surface area contributed by atoms with E-state index in [1.54, 1.807) is 6.07 Å². The van der Waals surface area contributed by atoms with E-state index in [9.17, 15) is 9.90 Å². The second-order valence-electron chi connectivity index (χ2n) is 2.89. The SMILES string of the molecule is COC(=O)c1cc(O)c2nc(N)sc2c1. The number of carbonyl (C=O) groups excluding carboxylic acids is 1.